The number of aromatic nitrogens is 8. The number of phenolic OH excluding ortho intramolecular Hbond substituents is 2. The fourth-order valence-electron chi connectivity index (χ4n) is 11.0. The Morgan fingerprint density at radius 3 is 2.63 bits per heavy atom. The highest BCUT2D eigenvalue weighted by Crippen LogP contribution is 2.62. The highest BCUT2D eigenvalue weighted by molar-refractivity contribution is 8.01. The fourth-order valence-corrected chi connectivity index (χ4v) is 15.0. The Kier molecular flexibility index (Phi) is 10.7. The summed E-state index contributed by atoms with van der Waals surface area (Å²) in [6.45, 7) is -0.349. The number of thioether (sulfide) groups is 1. The van der Waals surface area contributed by atoms with E-state index in [9.17, 15) is 19.8 Å². The summed E-state index contributed by atoms with van der Waals surface area (Å²) in [6.07, 6.45) is 12.7. The Balaban J connectivity index is 1.10. The van der Waals surface area contributed by atoms with Gasteiger partial charge in [0, 0.05) is 51.7 Å². The number of hydrogen-bond donors (Lipinski definition) is 5. The van der Waals surface area contributed by atoms with E-state index >= 15 is 9.18 Å². The van der Waals surface area contributed by atoms with Crippen LogP contribution in [-0.2, 0) is 14.3 Å². The molecule has 16 rings (SSSR count). The number of H-pyrrole nitrogens is 1. The van der Waals surface area contributed by atoms with E-state index in [0.29, 0.717) is 59.5 Å². The summed E-state index contributed by atoms with van der Waals surface area (Å²) >= 11 is 6.51. The molecular weight excluding hydrogens is 1140 g/mol. The normalized spacial score (nSPS) is 16.5. The molecule has 0 spiro atoms. The Labute approximate surface area is 480 Å². The van der Waals surface area contributed by atoms with Crippen molar-refractivity contribution in [3.63, 3.8) is 0 Å². The van der Waals surface area contributed by atoms with Gasteiger partial charge in [-0.2, -0.15) is 0 Å². The maximum Gasteiger partial charge on any atom is 0.262 e. The van der Waals surface area contributed by atoms with Crippen LogP contribution in [0.25, 0.3) is 91.5 Å². The van der Waals surface area contributed by atoms with Gasteiger partial charge in [-0.25, -0.2) is 29.3 Å². The number of carbonyl (C=O) groups excluding carboxylic acids is 2. The van der Waals surface area contributed by atoms with E-state index in [2.05, 4.69) is 35.8 Å². The lowest BCUT2D eigenvalue weighted by molar-refractivity contribution is -0.120. The second kappa shape index (κ2) is 18.2. The largest absolute Gasteiger partial charge is 0.507 e. The summed E-state index contributed by atoms with van der Waals surface area (Å²) < 4.78 is 32.4. The topological polar surface area (TPSA) is 237 Å². The predicted molar refractivity (Wildman–Crippen MR) is 316 cm³/mol. The molecule has 1 radical (unpaired) electrons. The molecule has 395 valence electrons. The van der Waals surface area contributed by atoms with E-state index in [1.807, 2.05) is 65.3 Å². The number of allylic oxidation sites excluding steroid dienone is 3. The number of fused-ring (bicyclic) bond motifs is 8. The first-order chi connectivity index (χ1) is 40.1. The number of nitrogens with one attached hydrogen (secondary N) is 3. The van der Waals surface area contributed by atoms with Crippen LogP contribution in [-0.4, -0.2) is 72.4 Å². The van der Waals surface area contributed by atoms with E-state index < -0.39 is 27.9 Å². The van der Waals surface area contributed by atoms with Gasteiger partial charge in [0.2, 0.25) is 0 Å². The first-order valence-electron chi connectivity index (χ1n) is 24.9. The fraction of sp³-hybridized carbons (Fsp3) is 0.0345. The molecule has 4 aliphatic rings. The van der Waals surface area contributed by atoms with Gasteiger partial charge in [-0.3, -0.25) is 23.6 Å². The molecule has 0 bridgehead atoms. The van der Waals surface area contributed by atoms with Crippen molar-refractivity contribution in [2.45, 2.75) is 9.64 Å². The molecule has 24 heteroatoms. The number of aromatic amines is 1. The maximum absolute atomic E-state index is 17.8. The van der Waals surface area contributed by atoms with Gasteiger partial charge in [-0.15, -0.1) is 27.8 Å². The predicted octanol–water partition coefficient (Wildman–Crippen LogP) is 11.7. The number of nitrogens with zero attached hydrogens (tertiary/aromatic N) is 9. The molecule has 12 aromatic rings. The molecule has 5 N–H and O–H groups in total. The first-order valence-corrected chi connectivity index (χ1v) is 29.0. The van der Waals surface area contributed by atoms with Crippen LogP contribution < -0.4 is 25.2 Å². The number of anilines is 3. The number of aromatic hydroxyl groups is 2. The van der Waals surface area contributed by atoms with Gasteiger partial charge < -0.3 is 30.0 Å². The third-order valence-electron chi connectivity index (χ3n) is 14.6. The van der Waals surface area contributed by atoms with E-state index in [-0.39, 0.29) is 85.4 Å². The molecule has 0 saturated carbocycles. The van der Waals surface area contributed by atoms with Crippen LogP contribution in [0.2, 0.25) is 0 Å². The molecule has 18 nitrogen and oxygen atoms in total. The summed E-state index contributed by atoms with van der Waals surface area (Å²) in [7, 11) is 0. The monoisotopic (exact) mass is 1170 g/mol. The van der Waals surface area contributed by atoms with Crippen LogP contribution in [0.4, 0.5) is 21.6 Å². The van der Waals surface area contributed by atoms with Crippen molar-refractivity contribution in [3.8, 4) is 50.8 Å². The molecule has 1 atom stereocenters. The molecular formula is C58H30FN12O6S5. The van der Waals surface area contributed by atoms with Gasteiger partial charge in [0.1, 0.15) is 50.6 Å². The van der Waals surface area contributed by atoms with Crippen LogP contribution in [0.5, 0.6) is 17.2 Å². The molecule has 2 amide bonds. The highest BCUT2D eigenvalue weighted by atomic mass is 32.2. The average molecular weight is 1170 g/mol. The molecule has 82 heavy (non-hydrogen) atoms. The quantitative estimate of drug-likeness (QED) is 0.0933. The van der Waals surface area contributed by atoms with Crippen LogP contribution in [0, 0.1) is 12.0 Å². The van der Waals surface area contributed by atoms with E-state index in [1.165, 1.54) is 69.4 Å². The number of rotatable bonds is 7. The van der Waals surface area contributed by atoms with Crippen molar-refractivity contribution in [1.29, 1.82) is 0 Å². The van der Waals surface area contributed by atoms with E-state index in [1.54, 1.807) is 53.6 Å². The number of benzene rings is 5. The summed E-state index contributed by atoms with van der Waals surface area (Å²) in [4.78, 5) is 75.6. The molecule has 0 fully saturated rings. The molecule has 5 aromatic carbocycles. The summed E-state index contributed by atoms with van der Waals surface area (Å²) in [5.74, 6) is -2.31. The van der Waals surface area contributed by atoms with Gasteiger partial charge in [-0.1, -0.05) is 52.6 Å². The molecule has 7 aromatic heterocycles. The van der Waals surface area contributed by atoms with Crippen LogP contribution in [0.1, 0.15) is 16.8 Å². The molecule has 11 heterocycles. The van der Waals surface area contributed by atoms with Gasteiger partial charge in [0.25, 0.3) is 17.4 Å². The Morgan fingerprint density at radius 1 is 0.841 bits per heavy atom. The van der Waals surface area contributed by atoms with Crippen molar-refractivity contribution in [1.82, 2.24) is 48.5 Å². The zero-order valence-electron chi connectivity index (χ0n) is 41.5. The number of carbonyl (C=O) groups is 2. The van der Waals surface area contributed by atoms with E-state index in [4.69, 9.17) is 24.7 Å². The highest BCUT2D eigenvalue weighted by Gasteiger charge is 2.55. The van der Waals surface area contributed by atoms with Crippen molar-refractivity contribution in [3.05, 3.63) is 184 Å². The van der Waals surface area contributed by atoms with Crippen LogP contribution in [0.15, 0.2) is 154 Å². The maximum atomic E-state index is 17.8. The van der Waals surface area contributed by atoms with Crippen molar-refractivity contribution in [2.75, 3.05) is 16.8 Å². The molecule has 0 saturated heterocycles. The summed E-state index contributed by atoms with van der Waals surface area (Å²) in [5, 5.41) is 31.2. The second-order valence-corrected chi connectivity index (χ2v) is 23.8. The van der Waals surface area contributed by atoms with Gasteiger partial charge in [-0.05, 0) is 100 Å². The smallest absolute Gasteiger partial charge is 0.262 e. The van der Waals surface area contributed by atoms with Gasteiger partial charge in [0.15, 0.2) is 17.2 Å². The Morgan fingerprint density at radius 2 is 1.71 bits per heavy atom. The first kappa shape index (κ1) is 48.3. The number of ether oxygens (including phenoxy) is 1. The van der Waals surface area contributed by atoms with Gasteiger partial charge >= 0.3 is 0 Å². The van der Waals surface area contributed by atoms with Crippen LogP contribution in [0.3, 0.4) is 0 Å². The number of para-hydroxylation sites is 1. The van der Waals surface area contributed by atoms with Crippen molar-refractivity contribution >= 4 is 145 Å². The standard InChI is InChI=1S/C58H30FN12O6S5/c59-35-19-43-36(65-46(74)23-77-43)18-33(35)49-32-4-2-6-42(73)51(32)67-53(50(49)39-15-27-3-1-5-41(72)48(27)55(75)66-39)58(29-8-10-44-37(16-29)62-24-78-44)57(76)71(31-17-40-56(61-20-31)79-25-63-40)54-52(80-58)47(28-11-12-70-30(13-28)21-64-82-70)34(22-60-54)26-7-9-45-38(14-26)68-69-81-45/h1-21,24-25,64,72-73H,23H2,(H,65,74)(H,66,75). The zero-order valence-corrected chi connectivity index (χ0v) is 45.5. The number of phenols is 2. The van der Waals surface area contributed by atoms with Crippen molar-refractivity contribution in [2.24, 2.45) is 0 Å². The lowest BCUT2D eigenvalue weighted by Crippen LogP contribution is -2.48. The SMILES string of the molecule is O=C1COc2cc(F)c(-c3c(-c4cc5cccc(O)c5c(=O)[nH]4)c(C4(c5ccc6scnc6c5)Sc5c(n[c]c(-c6ccc7snnc7c6)c5C5=CC6=CNSN6C=C5)N(c5cnc6scnc6c5)C4=O)nc4c(O)cccc34)cc2N1. The van der Waals surface area contributed by atoms with E-state index in [0.717, 1.165) is 32.9 Å². The average Bonchev–Trinajstić information content (AvgIpc) is 2.88. The minimum absolute atomic E-state index is 0.0260. The minimum Gasteiger partial charge on any atom is -0.507 e. The number of amides is 2. The third kappa shape index (κ3) is 7.31. The second-order valence-electron chi connectivity index (χ2n) is 19.2. The summed E-state index contributed by atoms with van der Waals surface area (Å²) in [5.41, 5.74) is 8.39. The molecule has 4 aliphatic heterocycles. The van der Waals surface area contributed by atoms with Crippen molar-refractivity contribution < 1.29 is 28.9 Å². The summed E-state index contributed by atoms with van der Waals surface area (Å²) in [6, 6.07) is 26.6. The lowest BCUT2D eigenvalue weighted by Gasteiger charge is -2.43. The Bertz CT molecular complexity index is 5020. The zero-order chi connectivity index (χ0) is 55.1. The number of halogens is 1. The lowest BCUT2D eigenvalue weighted by atomic mass is 9.83. The number of hydrogen-bond acceptors (Lipinski definition) is 20. The third-order valence-corrected chi connectivity index (χ3v) is 19.2. The number of pyridine rings is 4. The Hall–Kier alpha value is -9.59. The number of thiazole rings is 2. The molecule has 0 aliphatic carbocycles. The minimum atomic E-state index is -2.16. The van der Waals surface area contributed by atoms with Crippen LogP contribution >= 0.6 is 58.1 Å². The van der Waals surface area contributed by atoms with Gasteiger partial charge in [0.05, 0.1) is 83.0 Å². The molecule has 1 unspecified atom stereocenters.